The second-order valence-electron chi connectivity index (χ2n) is 3.89. The Hall–Kier alpha value is 0.250. The van der Waals surface area contributed by atoms with Gasteiger partial charge in [0.1, 0.15) is 0 Å². The fraction of sp³-hybridized carbons (Fsp3) is 1.00. The van der Waals surface area contributed by atoms with Crippen molar-refractivity contribution in [2.75, 3.05) is 12.4 Å². The lowest BCUT2D eigenvalue weighted by molar-refractivity contribution is 0.395. The van der Waals surface area contributed by atoms with Gasteiger partial charge in [-0.25, -0.2) is 0 Å². The zero-order valence-electron chi connectivity index (χ0n) is 7.37. The van der Waals surface area contributed by atoms with Gasteiger partial charge < -0.3 is 5.32 Å². The largest absolute Gasteiger partial charge is 0.312 e. The third-order valence-electron chi connectivity index (χ3n) is 1.24. The van der Waals surface area contributed by atoms with Crippen LogP contribution in [0.1, 0.15) is 27.7 Å². The quantitative estimate of drug-likeness (QED) is 0.630. The zero-order valence-corrected chi connectivity index (χ0v) is 8.13. The predicted molar refractivity (Wildman–Crippen MR) is 47.6 cm³/mol. The number of nitrogens with one attached hydrogen (secondary N) is 1. The van der Waals surface area contributed by atoms with Crippen molar-refractivity contribution in [3.8, 4) is 0 Å². The molecule has 0 aliphatic rings. The van der Waals surface area contributed by atoms with Crippen molar-refractivity contribution in [1.29, 1.82) is 0 Å². The minimum atomic E-state index is 0.223. The van der Waals surface area contributed by atoms with Crippen LogP contribution in [-0.4, -0.2) is 18.0 Å². The Morgan fingerprint density at radius 3 is 2.20 bits per heavy atom. The molecule has 1 unspecified atom stereocenters. The Morgan fingerprint density at radius 2 is 1.90 bits per heavy atom. The molecule has 1 nitrogen and oxygen atoms in total. The van der Waals surface area contributed by atoms with Crippen molar-refractivity contribution in [2.24, 2.45) is 5.92 Å². The van der Waals surface area contributed by atoms with Crippen LogP contribution in [0.25, 0.3) is 0 Å². The number of hydrogen-bond acceptors (Lipinski definition) is 1. The molecule has 0 spiro atoms. The van der Waals surface area contributed by atoms with E-state index in [1.54, 1.807) is 0 Å². The molecule has 0 amide bonds. The molecule has 2 heteroatoms. The summed E-state index contributed by atoms with van der Waals surface area (Å²) in [7, 11) is 0. The highest BCUT2D eigenvalue weighted by molar-refractivity contribution is 6.18. The third-order valence-corrected chi connectivity index (χ3v) is 1.77. The van der Waals surface area contributed by atoms with Crippen LogP contribution in [0.5, 0.6) is 0 Å². The average Bonchev–Trinajstić information content (AvgIpc) is 1.81. The van der Waals surface area contributed by atoms with Crippen molar-refractivity contribution < 1.29 is 0 Å². The van der Waals surface area contributed by atoms with Crippen LogP contribution in [-0.2, 0) is 0 Å². The molecule has 0 aromatic heterocycles. The zero-order chi connectivity index (χ0) is 8.20. The molecule has 0 radical (unpaired) electrons. The van der Waals surface area contributed by atoms with Gasteiger partial charge in [-0.2, -0.15) is 0 Å². The fourth-order valence-electron chi connectivity index (χ4n) is 0.535. The monoisotopic (exact) mass is 163 g/mol. The van der Waals surface area contributed by atoms with Crippen LogP contribution in [0.4, 0.5) is 0 Å². The lowest BCUT2D eigenvalue weighted by Gasteiger charge is -2.22. The summed E-state index contributed by atoms with van der Waals surface area (Å²) in [5.74, 6) is 1.31. The van der Waals surface area contributed by atoms with E-state index in [-0.39, 0.29) is 5.54 Å². The van der Waals surface area contributed by atoms with Crippen LogP contribution in [0, 0.1) is 5.92 Å². The second-order valence-corrected chi connectivity index (χ2v) is 4.20. The van der Waals surface area contributed by atoms with Crippen LogP contribution in [0.2, 0.25) is 0 Å². The van der Waals surface area contributed by atoms with E-state index in [0.717, 1.165) is 12.4 Å². The number of hydrogen-bond donors (Lipinski definition) is 1. The minimum Gasteiger partial charge on any atom is -0.312 e. The molecule has 0 heterocycles. The summed E-state index contributed by atoms with van der Waals surface area (Å²) in [5.41, 5.74) is 0.223. The van der Waals surface area contributed by atoms with E-state index in [1.165, 1.54) is 0 Å². The molecule has 0 rings (SSSR count). The van der Waals surface area contributed by atoms with E-state index >= 15 is 0 Å². The predicted octanol–water partition coefficient (Wildman–Crippen LogP) is 2.25. The summed E-state index contributed by atoms with van der Waals surface area (Å²) in [6.07, 6.45) is 0. The van der Waals surface area contributed by atoms with Gasteiger partial charge in [-0.05, 0) is 33.2 Å². The van der Waals surface area contributed by atoms with Crippen LogP contribution < -0.4 is 5.32 Å². The molecule has 0 saturated carbocycles. The van der Waals surface area contributed by atoms with Gasteiger partial charge >= 0.3 is 0 Å². The summed E-state index contributed by atoms with van der Waals surface area (Å²) in [6.45, 7) is 9.63. The molecule has 0 aliphatic carbocycles. The van der Waals surface area contributed by atoms with E-state index in [0.29, 0.717) is 5.92 Å². The Morgan fingerprint density at radius 1 is 1.40 bits per heavy atom. The fourth-order valence-corrected chi connectivity index (χ4v) is 0.644. The smallest absolute Gasteiger partial charge is 0.0261 e. The van der Waals surface area contributed by atoms with Crippen LogP contribution in [0.3, 0.4) is 0 Å². The van der Waals surface area contributed by atoms with Crippen molar-refractivity contribution in [3.05, 3.63) is 0 Å². The van der Waals surface area contributed by atoms with Crippen molar-refractivity contribution in [2.45, 2.75) is 33.2 Å². The van der Waals surface area contributed by atoms with Crippen molar-refractivity contribution in [3.63, 3.8) is 0 Å². The first-order valence-corrected chi connectivity index (χ1v) is 4.30. The van der Waals surface area contributed by atoms with Gasteiger partial charge in [0.05, 0.1) is 0 Å². The standard InChI is InChI=1S/C8H18ClN/c1-7(5-9)6-10-8(2,3)4/h7,10H,5-6H2,1-4H3. The van der Waals surface area contributed by atoms with Gasteiger partial charge in [0, 0.05) is 11.4 Å². The molecular weight excluding hydrogens is 146 g/mol. The third kappa shape index (κ3) is 6.37. The van der Waals surface area contributed by atoms with Crippen molar-refractivity contribution >= 4 is 11.6 Å². The molecule has 1 N–H and O–H groups in total. The SMILES string of the molecule is CC(CCl)CNC(C)(C)C. The first-order chi connectivity index (χ1) is 4.45. The molecule has 0 aromatic rings. The highest BCUT2D eigenvalue weighted by atomic mass is 35.5. The molecule has 0 aliphatic heterocycles. The molecule has 1 atom stereocenters. The molecular formula is C8H18ClN. The number of halogens is 1. The van der Waals surface area contributed by atoms with Gasteiger partial charge in [-0.3, -0.25) is 0 Å². The van der Waals surface area contributed by atoms with Gasteiger partial charge in [0.25, 0.3) is 0 Å². The number of rotatable bonds is 3. The molecule has 0 fully saturated rings. The van der Waals surface area contributed by atoms with Gasteiger partial charge in [0.2, 0.25) is 0 Å². The minimum absolute atomic E-state index is 0.223. The maximum atomic E-state index is 5.64. The van der Waals surface area contributed by atoms with E-state index in [1.807, 2.05) is 0 Å². The highest BCUT2D eigenvalue weighted by Gasteiger charge is 2.09. The maximum Gasteiger partial charge on any atom is 0.0261 e. The first-order valence-electron chi connectivity index (χ1n) is 3.76. The van der Waals surface area contributed by atoms with E-state index < -0.39 is 0 Å². The Labute approximate surface area is 69.1 Å². The van der Waals surface area contributed by atoms with Gasteiger partial charge in [-0.15, -0.1) is 11.6 Å². The summed E-state index contributed by atoms with van der Waals surface area (Å²) >= 11 is 5.64. The number of alkyl halides is 1. The Balaban J connectivity index is 3.36. The molecule has 0 aromatic carbocycles. The molecule has 0 saturated heterocycles. The molecule has 0 bridgehead atoms. The van der Waals surface area contributed by atoms with Crippen molar-refractivity contribution in [1.82, 2.24) is 5.32 Å². The van der Waals surface area contributed by atoms with Gasteiger partial charge in [-0.1, -0.05) is 6.92 Å². The second kappa shape index (κ2) is 4.20. The van der Waals surface area contributed by atoms with Crippen LogP contribution >= 0.6 is 11.6 Å². The van der Waals surface area contributed by atoms with E-state index in [4.69, 9.17) is 11.6 Å². The molecule has 10 heavy (non-hydrogen) atoms. The summed E-state index contributed by atoms with van der Waals surface area (Å²) in [4.78, 5) is 0. The summed E-state index contributed by atoms with van der Waals surface area (Å²) in [5, 5.41) is 3.39. The highest BCUT2D eigenvalue weighted by Crippen LogP contribution is 2.02. The van der Waals surface area contributed by atoms with E-state index in [9.17, 15) is 0 Å². The summed E-state index contributed by atoms with van der Waals surface area (Å²) < 4.78 is 0. The first kappa shape index (κ1) is 10.2. The Kier molecular flexibility index (Phi) is 4.30. The van der Waals surface area contributed by atoms with E-state index in [2.05, 4.69) is 33.0 Å². The summed E-state index contributed by atoms with van der Waals surface area (Å²) in [6, 6.07) is 0. The lowest BCUT2D eigenvalue weighted by atomic mass is 10.1. The normalized spacial score (nSPS) is 15.3. The maximum absolute atomic E-state index is 5.64. The van der Waals surface area contributed by atoms with Gasteiger partial charge in [0.15, 0.2) is 0 Å². The topological polar surface area (TPSA) is 12.0 Å². The molecule has 62 valence electrons. The lowest BCUT2D eigenvalue weighted by Crippen LogP contribution is -2.38. The van der Waals surface area contributed by atoms with Crippen LogP contribution in [0.15, 0.2) is 0 Å². The average molecular weight is 164 g/mol. The Bertz CT molecular complexity index is 85.7.